The zero-order valence-electron chi connectivity index (χ0n) is 9.62. The number of hydrogen-bond donors (Lipinski definition) is 3. The monoisotopic (exact) mass is 233 g/mol. The zero-order valence-corrected chi connectivity index (χ0v) is 9.62. The molecule has 1 heterocycles. The molecule has 5 nitrogen and oxygen atoms in total. The molecule has 0 unspecified atom stereocenters. The van der Waals surface area contributed by atoms with E-state index in [1.165, 1.54) is 0 Å². The number of esters is 1. The fraction of sp³-hybridized carbons (Fsp3) is 0.250. The highest BCUT2D eigenvalue weighted by Crippen LogP contribution is 2.34. The molecule has 2 rings (SSSR count). The van der Waals surface area contributed by atoms with Gasteiger partial charge in [0.25, 0.3) is 0 Å². The number of rotatable bonds is 3. The third-order valence-electron chi connectivity index (χ3n) is 2.53. The van der Waals surface area contributed by atoms with Crippen molar-refractivity contribution in [2.45, 2.75) is 19.8 Å². The molecule has 0 aliphatic heterocycles. The van der Waals surface area contributed by atoms with Crippen molar-refractivity contribution in [3.63, 3.8) is 0 Å². The highest BCUT2D eigenvalue weighted by atomic mass is 16.5. The quantitative estimate of drug-likeness (QED) is 0.558. The van der Waals surface area contributed by atoms with Crippen molar-refractivity contribution in [2.24, 2.45) is 0 Å². The minimum atomic E-state index is -0.302. The number of nitrogen functional groups attached to an aromatic ring is 2. The lowest BCUT2D eigenvalue weighted by atomic mass is 10.2. The summed E-state index contributed by atoms with van der Waals surface area (Å²) in [7, 11) is 0. The topological polar surface area (TPSA) is 94.1 Å². The van der Waals surface area contributed by atoms with Crippen LogP contribution in [0.2, 0.25) is 0 Å². The first-order chi connectivity index (χ1) is 8.13. The summed E-state index contributed by atoms with van der Waals surface area (Å²) in [4.78, 5) is 14.3. The average molecular weight is 233 g/mol. The number of anilines is 2. The van der Waals surface area contributed by atoms with Crippen molar-refractivity contribution in [1.29, 1.82) is 0 Å². The van der Waals surface area contributed by atoms with E-state index in [0.717, 1.165) is 11.9 Å². The Balaban J connectivity index is 2.39. The van der Waals surface area contributed by atoms with Crippen molar-refractivity contribution in [2.75, 3.05) is 11.5 Å². The molecule has 1 aromatic heterocycles. The van der Waals surface area contributed by atoms with Gasteiger partial charge in [-0.3, -0.25) is 4.79 Å². The number of ether oxygens (including phenoxy) is 1. The predicted octanol–water partition coefficient (Wildman–Crippen LogP) is 2.04. The number of benzene rings is 1. The van der Waals surface area contributed by atoms with Gasteiger partial charge in [-0.15, -0.1) is 0 Å². The summed E-state index contributed by atoms with van der Waals surface area (Å²) in [5.74, 6) is -0.0272. The Kier molecular flexibility index (Phi) is 2.91. The van der Waals surface area contributed by atoms with E-state index < -0.39 is 0 Å². The lowest BCUT2D eigenvalue weighted by molar-refractivity contribution is -0.134. The van der Waals surface area contributed by atoms with Crippen LogP contribution in [-0.2, 0) is 4.79 Å². The predicted molar refractivity (Wildman–Crippen MR) is 67.7 cm³/mol. The Labute approximate surface area is 98.7 Å². The second-order valence-corrected chi connectivity index (χ2v) is 3.86. The standard InChI is InChI=1S/C12H15N3O2/c1-2-4-9(16)17-12-11(14)10-7(13)5-3-6-8(10)15-12/h3,5-6,15H,2,4,13-14H2,1H3. The van der Waals surface area contributed by atoms with E-state index >= 15 is 0 Å². The number of nitrogens with one attached hydrogen (secondary N) is 1. The summed E-state index contributed by atoms with van der Waals surface area (Å²) >= 11 is 0. The Morgan fingerprint density at radius 1 is 1.41 bits per heavy atom. The fourth-order valence-electron chi connectivity index (χ4n) is 1.73. The average Bonchev–Trinajstić information content (AvgIpc) is 2.57. The van der Waals surface area contributed by atoms with Gasteiger partial charge >= 0.3 is 5.97 Å². The summed E-state index contributed by atoms with van der Waals surface area (Å²) in [6.07, 6.45) is 1.10. The maximum absolute atomic E-state index is 11.4. The van der Waals surface area contributed by atoms with Gasteiger partial charge in [-0.1, -0.05) is 13.0 Å². The lowest BCUT2D eigenvalue weighted by Gasteiger charge is -2.01. The van der Waals surface area contributed by atoms with Crippen LogP contribution in [0.25, 0.3) is 10.9 Å². The van der Waals surface area contributed by atoms with Gasteiger partial charge in [-0.05, 0) is 18.6 Å². The Morgan fingerprint density at radius 2 is 2.18 bits per heavy atom. The van der Waals surface area contributed by atoms with E-state index in [1.807, 2.05) is 19.1 Å². The molecule has 17 heavy (non-hydrogen) atoms. The molecule has 5 heteroatoms. The molecule has 5 N–H and O–H groups in total. The zero-order chi connectivity index (χ0) is 12.4. The minimum absolute atomic E-state index is 0.274. The maximum Gasteiger partial charge on any atom is 0.312 e. The molecule has 0 saturated heterocycles. The van der Waals surface area contributed by atoms with Crippen LogP contribution in [0.15, 0.2) is 18.2 Å². The molecule has 0 amide bonds. The van der Waals surface area contributed by atoms with Crippen molar-refractivity contribution < 1.29 is 9.53 Å². The molecule has 2 aromatic rings. The Hall–Kier alpha value is -2.17. The van der Waals surface area contributed by atoms with Crippen LogP contribution >= 0.6 is 0 Å². The lowest BCUT2D eigenvalue weighted by Crippen LogP contribution is -2.08. The molecule has 90 valence electrons. The number of nitrogens with two attached hydrogens (primary N) is 2. The third-order valence-corrected chi connectivity index (χ3v) is 2.53. The van der Waals surface area contributed by atoms with E-state index in [9.17, 15) is 4.79 Å². The van der Waals surface area contributed by atoms with E-state index in [2.05, 4.69) is 4.98 Å². The first-order valence-electron chi connectivity index (χ1n) is 5.49. The molecule has 0 aliphatic carbocycles. The van der Waals surface area contributed by atoms with Crippen LogP contribution in [0, 0.1) is 0 Å². The number of carbonyl (C=O) groups excluding carboxylic acids is 1. The van der Waals surface area contributed by atoms with Crippen molar-refractivity contribution in [3.05, 3.63) is 18.2 Å². The van der Waals surface area contributed by atoms with Crippen molar-refractivity contribution >= 4 is 28.2 Å². The Morgan fingerprint density at radius 3 is 2.82 bits per heavy atom. The molecule has 0 aliphatic rings. The summed E-state index contributed by atoms with van der Waals surface area (Å²) in [5, 5.41) is 0.701. The molecule has 0 fully saturated rings. The van der Waals surface area contributed by atoms with Crippen LogP contribution in [0.4, 0.5) is 11.4 Å². The molecule has 0 saturated carbocycles. The molecule has 0 bridgehead atoms. The summed E-state index contributed by atoms with van der Waals surface area (Å²) in [5.41, 5.74) is 13.4. The molecular formula is C12H15N3O2. The van der Waals surface area contributed by atoms with Gasteiger partial charge in [0.1, 0.15) is 5.69 Å². The van der Waals surface area contributed by atoms with E-state index in [4.69, 9.17) is 16.2 Å². The number of hydrogen-bond acceptors (Lipinski definition) is 4. The van der Waals surface area contributed by atoms with Gasteiger partial charge in [0.2, 0.25) is 5.88 Å². The van der Waals surface area contributed by atoms with Crippen LogP contribution < -0.4 is 16.2 Å². The highest BCUT2D eigenvalue weighted by Gasteiger charge is 2.14. The summed E-state index contributed by atoms with van der Waals surface area (Å²) in [6.45, 7) is 1.91. The van der Waals surface area contributed by atoms with Gasteiger partial charge in [-0.2, -0.15) is 0 Å². The number of aromatic nitrogens is 1. The van der Waals surface area contributed by atoms with E-state index in [0.29, 0.717) is 23.2 Å². The second kappa shape index (κ2) is 4.37. The summed E-state index contributed by atoms with van der Waals surface area (Å²) < 4.78 is 5.15. The summed E-state index contributed by atoms with van der Waals surface area (Å²) in [6, 6.07) is 5.40. The molecule has 1 aromatic carbocycles. The second-order valence-electron chi connectivity index (χ2n) is 3.86. The minimum Gasteiger partial charge on any atom is -0.407 e. The molecular weight excluding hydrogens is 218 g/mol. The molecule has 0 spiro atoms. The van der Waals surface area contributed by atoms with Gasteiger partial charge in [-0.25, -0.2) is 0 Å². The van der Waals surface area contributed by atoms with Crippen LogP contribution in [-0.4, -0.2) is 11.0 Å². The van der Waals surface area contributed by atoms with Gasteiger partial charge in [0.05, 0.1) is 5.52 Å². The SMILES string of the molecule is CCCC(=O)Oc1[nH]c2cccc(N)c2c1N. The van der Waals surface area contributed by atoms with Crippen molar-refractivity contribution in [1.82, 2.24) is 4.98 Å². The van der Waals surface area contributed by atoms with Crippen molar-refractivity contribution in [3.8, 4) is 5.88 Å². The highest BCUT2D eigenvalue weighted by molar-refractivity contribution is 6.03. The third kappa shape index (κ3) is 2.04. The van der Waals surface area contributed by atoms with Gasteiger partial charge in [0.15, 0.2) is 0 Å². The van der Waals surface area contributed by atoms with E-state index in [-0.39, 0.29) is 11.8 Å². The van der Waals surface area contributed by atoms with Crippen LogP contribution in [0.3, 0.4) is 0 Å². The largest absolute Gasteiger partial charge is 0.407 e. The number of aromatic amines is 1. The first kappa shape index (κ1) is 11.3. The first-order valence-corrected chi connectivity index (χ1v) is 5.49. The van der Waals surface area contributed by atoms with Crippen LogP contribution in [0.5, 0.6) is 5.88 Å². The maximum atomic E-state index is 11.4. The van der Waals surface area contributed by atoms with E-state index in [1.54, 1.807) is 6.07 Å². The Bertz CT molecular complexity index is 560. The normalized spacial score (nSPS) is 10.6. The molecule has 0 atom stereocenters. The van der Waals surface area contributed by atoms with Crippen LogP contribution in [0.1, 0.15) is 19.8 Å². The number of carbonyl (C=O) groups is 1. The smallest absolute Gasteiger partial charge is 0.312 e. The fourth-order valence-corrected chi connectivity index (χ4v) is 1.73. The number of H-pyrrole nitrogens is 1. The van der Waals surface area contributed by atoms with Gasteiger partial charge < -0.3 is 21.2 Å². The van der Waals surface area contributed by atoms with Gasteiger partial charge in [0, 0.05) is 17.5 Å². The molecule has 0 radical (unpaired) electrons. The number of fused-ring (bicyclic) bond motifs is 1.